The number of nitrogens with zero attached hydrogens (tertiary/aromatic N) is 1. The lowest BCUT2D eigenvalue weighted by molar-refractivity contribution is 0.0145. The highest BCUT2D eigenvalue weighted by molar-refractivity contribution is 5.19. The average Bonchev–Trinajstić information content (AvgIpc) is 2.46. The highest BCUT2D eigenvalue weighted by atomic mass is 19.1. The maximum absolute atomic E-state index is 12.8. The van der Waals surface area contributed by atoms with E-state index in [0.29, 0.717) is 13.1 Å². The minimum absolute atomic E-state index is 0.0925. The fourth-order valence-electron chi connectivity index (χ4n) is 2.33. The third-order valence-electron chi connectivity index (χ3n) is 3.60. The molecule has 1 aliphatic heterocycles. The van der Waals surface area contributed by atoms with E-state index in [2.05, 4.69) is 10.2 Å². The van der Waals surface area contributed by atoms with Gasteiger partial charge in [-0.1, -0.05) is 12.1 Å². The number of halogens is 1. The van der Waals surface area contributed by atoms with E-state index >= 15 is 0 Å². The third kappa shape index (κ3) is 4.83. The minimum atomic E-state index is -0.406. The van der Waals surface area contributed by atoms with E-state index in [4.69, 9.17) is 4.74 Å². The van der Waals surface area contributed by atoms with Crippen LogP contribution < -0.4 is 5.32 Å². The van der Waals surface area contributed by atoms with Crippen LogP contribution in [0.3, 0.4) is 0 Å². The maximum atomic E-state index is 12.8. The number of aliphatic hydroxyl groups is 1. The third-order valence-corrected chi connectivity index (χ3v) is 3.60. The molecule has 20 heavy (non-hydrogen) atoms. The normalized spacial score (nSPS) is 19.8. The Morgan fingerprint density at radius 3 is 2.60 bits per heavy atom. The summed E-state index contributed by atoms with van der Waals surface area (Å²) in [6.45, 7) is 6.44. The lowest BCUT2D eigenvalue weighted by atomic mass is 10.1. The van der Waals surface area contributed by atoms with Crippen molar-refractivity contribution in [2.24, 2.45) is 0 Å². The summed E-state index contributed by atoms with van der Waals surface area (Å²) in [7, 11) is 0. The Hall–Kier alpha value is -1.01. The number of nitrogens with one attached hydrogen (secondary N) is 1. The van der Waals surface area contributed by atoms with E-state index in [1.807, 2.05) is 6.92 Å². The first-order valence-electron chi connectivity index (χ1n) is 7.12. The molecule has 4 nitrogen and oxygen atoms in total. The van der Waals surface area contributed by atoms with Crippen LogP contribution in [-0.4, -0.2) is 55.5 Å². The maximum Gasteiger partial charge on any atom is 0.123 e. The topological polar surface area (TPSA) is 44.7 Å². The Balaban J connectivity index is 1.71. The molecule has 0 amide bonds. The van der Waals surface area contributed by atoms with Gasteiger partial charge in [-0.2, -0.15) is 0 Å². The monoisotopic (exact) mass is 282 g/mol. The molecule has 0 spiro atoms. The molecule has 1 fully saturated rings. The fourth-order valence-corrected chi connectivity index (χ4v) is 2.33. The SMILES string of the molecule is C[C@@H](NCC(O)CN1CCOCC1)c1ccc(F)cc1. The number of ether oxygens (including phenoxy) is 1. The molecule has 0 radical (unpaired) electrons. The molecule has 2 atom stereocenters. The average molecular weight is 282 g/mol. The van der Waals surface area contributed by atoms with Gasteiger partial charge in [0.05, 0.1) is 19.3 Å². The minimum Gasteiger partial charge on any atom is -0.390 e. The van der Waals surface area contributed by atoms with Crippen molar-refractivity contribution in [2.45, 2.75) is 19.1 Å². The first-order valence-corrected chi connectivity index (χ1v) is 7.12. The first kappa shape index (κ1) is 15.4. The second-order valence-corrected chi connectivity index (χ2v) is 5.25. The molecule has 2 N–H and O–H groups in total. The van der Waals surface area contributed by atoms with Gasteiger partial charge in [-0.3, -0.25) is 4.90 Å². The summed E-state index contributed by atoms with van der Waals surface area (Å²) in [4.78, 5) is 2.21. The van der Waals surface area contributed by atoms with Crippen molar-refractivity contribution in [1.82, 2.24) is 10.2 Å². The fraction of sp³-hybridized carbons (Fsp3) is 0.600. The Labute approximate surface area is 119 Å². The van der Waals surface area contributed by atoms with Crippen LogP contribution in [0.4, 0.5) is 4.39 Å². The number of benzene rings is 1. The summed E-state index contributed by atoms with van der Waals surface area (Å²) in [5.41, 5.74) is 1.02. The second-order valence-electron chi connectivity index (χ2n) is 5.25. The van der Waals surface area contributed by atoms with Crippen molar-refractivity contribution in [3.8, 4) is 0 Å². The molecule has 1 aromatic carbocycles. The van der Waals surface area contributed by atoms with Crippen LogP contribution in [0.2, 0.25) is 0 Å². The van der Waals surface area contributed by atoms with E-state index < -0.39 is 6.10 Å². The standard InChI is InChI=1S/C15H23FN2O2/c1-12(13-2-4-14(16)5-3-13)17-10-15(19)11-18-6-8-20-9-7-18/h2-5,12,15,17,19H,6-11H2,1H3/t12-,15?/m1/s1. The van der Waals surface area contributed by atoms with Crippen molar-refractivity contribution in [1.29, 1.82) is 0 Å². The van der Waals surface area contributed by atoms with Gasteiger partial charge in [0.25, 0.3) is 0 Å². The lowest BCUT2D eigenvalue weighted by Crippen LogP contribution is -2.44. The molecule has 0 aliphatic carbocycles. The summed E-state index contributed by atoms with van der Waals surface area (Å²) >= 11 is 0. The predicted molar refractivity (Wildman–Crippen MR) is 76.1 cm³/mol. The number of β-amino-alcohol motifs (C(OH)–C–C–N with tert-alkyl or cyclic N) is 1. The van der Waals surface area contributed by atoms with Gasteiger partial charge in [-0.25, -0.2) is 4.39 Å². The molecule has 1 unspecified atom stereocenters. The van der Waals surface area contributed by atoms with Gasteiger partial charge in [0.1, 0.15) is 5.82 Å². The summed E-state index contributed by atoms with van der Waals surface area (Å²) in [6, 6.07) is 6.54. The quantitative estimate of drug-likeness (QED) is 0.822. The zero-order valence-corrected chi connectivity index (χ0v) is 11.9. The molecule has 1 aliphatic rings. The van der Waals surface area contributed by atoms with Gasteiger partial charge < -0.3 is 15.2 Å². The van der Waals surface area contributed by atoms with Crippen LogP contribution in [0, 0.1) is 5.82 Å². The summed E-state index contributed by atoms with van der Waals surface area (Å²) in [5, 5.41) is 13.3. The van der Waals surface area contributed by atoms with Gasteiger partial charge in [-0.15, -0.1) is 0 Å². The van der Waals surface area contributed by atoms with E-state index in [1.165, 1.54) is 12.1 Å². The number of aliphatic hydroxyl groups excluding tert-OH is 1. The summed E-state index contributed by atoms with van der Waals surface area (Å²) < 4.78 is 18.1. The van der Waals surface area contributed by atoms with Crippen molar-refractivity contribution >= 4 is 0 Å². The largest absolute Gasteiger partial charge is 0.390 e. The van der Waals surface area contributed by atoms with Gasteiger partial charge in [0.2, 0.25) is 0 Å². The molecular weight excluding hydrogens is 259 g/mol. The van der Waals surface area contributed by atoms with Crippen LogP contribution >= 0.6 is 0 Å². The van der Waals surface area contributed by atoms with Crippen LogP contribution in [0.25, 0.3) is 0 Å². The van der Waals surface area contributed by atoms with E-state index in [0.717, 1.165) is 31.9 Å². The molecule has 0 saturated carbocycles. The second kappa shape index (κ2) is 7.69. The van der Waals surface area contributed by atoms with Crippen molar-refractivity contribution in [3.05, 3.63) is 35.6 Å². The molecular formula is C15H23FN2O2. The number of hydrogen-bond donors (Lipinski definition) is 2. The van der Waals surface area contributed by atoms with Crippen LogP contribution in [0.5, 0.6) is 0 Å². The molecule has 2 rings (SSSR count). The number of hydrogen-bond acceptors (Lipinski definition) is 4. The van der Waals surface area contributed by atoms with Gasteiger partial charge in [0, 0.05) is 32.2 Å². The Bertz CT molecular complexity index is 393. The first-order chi connectivity index (χ1) is 9.65. The Kier molecular flexibility index (Phi) is 5.91. The molecule has 5 heteroatoms. The molecule has 1 heterocycles. The Morgan fingerprint density at radius 1 is 1.30 bits per heavy atom. The van der Waals surface area contributed by atoms with Gasteiger partial charge in [-0.05, 0) is 24.6 Å². The summed E-state index contributed by atoms with van der Waals surface area (Å²) in [5.74, 6) is -0.228. The molecule has 1 aromatic rings. The number of morpholine rings is 1. The van der Waals surface area contributed by atoms with Gasteiger partial charge in [0.15, 0.2) is 0 Å². The highest BCUT2D eigenvalue weighted by Crippen LogP contribution is 2.12. The highest BCUT2D eigenvalue weighted by Gasteiger charge is 2.15. The van der Waals surface area contributed by atoms with E-state index in [1.54, 1.807) is 12.1 Å². The van der Waals surface area contributed by atoms with Gasteiger partial charge >= 0.3 is 0 Å². The lowest BCUT2D eigenvalue weighted by Gasteiger charge is -2.29. The Morgan fingerprint density at radius 2 is 1.95 bits per heavy atom. The molecule has 0 aromatic heterocycles. The molecule has 1 saturated heterocycles. The van der Waals surface area contributed by atoms with Crippen molar-refractivity contribution < 1.29 is 14.2 Å². The van der Waals surface area contributed by atoms with Crippen molar-refractivity contribution in [3.63, 3.8) is 0 Å². The molecule has 0 bridgehead atoms. The van der Waals surface area contributed by atoms with Crippen LogP contribution in [0.1, 0.15) is 18.5 Å². The van der Waals surface area contributed by atoms with Crippen LogP contribution in [-0.2, 0) is 4.74 Å². The van der Waals surface area contributed by atoms with E-state index in [9.17, 15) is 9.50 Å². The smallest absolute Gasteiger partial charge is 0.123 e. The summed E-state index contributed by atoms with van der Waals surface area (Å²) in [6.07, 6.45) is -0.406. The van der Waals surface area contributed by atoms with Crippen molar-refractivity contribution in [2.75, 3.05) is 39.4 Å². The van der Waals surface area contributed by atoms with E-state index in [-0.39, 0.29) is 11.9 Å². The molecule has 112 valence electrons. The zero-order valence-electron chi connectivity index (χ0n) is 11.9. The zero-order chi connectivity index (χ0) is 14.4. The predicted octanol–water partition coefficient (Wildman–Crippen LogP) is 1.17. The van der Waals surface area contributed by atoms with Crippen LogP contribution in [0.15, 0.2) is 24.3 Å². The number of rotatable bonds is 6.